The third-order valence-electron chi connectivity index (χ3n) is 3.83. The van der Waals surface area contributed by atoms with E-state index in [-0.39, 0.29) is 5.91 Å². The number of H-pyrrole nitrogens is 1. The maximum Gasteiger partial charge on any atom is 0.269 e. The molecule has 7 heteroatoms. The fraction of sp³-hybridized carbons (Fsp3) is 0.167. The molecule has 0 radical (unpaired) electrons. The van der Waals surface area contributed by atoms with Crippen LogP contribution in [0.5, 0.6) is 11.5 Å². The molecule has 2 N–H and O–H groups in total. The molecule has 0 unspecified atom stereocenters. The summed E-state index contributed by atoms with van der Waals surface area (Å²) in [5, 5.41) is 4.06. The van der Waals surface area contributed by atoms with E-state index in [9.17, 15) is 4.79 Å². The van der Waals surface area contributed by atoms with E-state index < -0.39 is 0 Å². The smallest absolute Gasteiger partial charge is 0.269 e. The number of hydrogen-bond donors (Lipinski definition) is 2. The molecular weight excluding hydrogens is 408 g/mol. The van der Waals surface area contributed by atoms with Crippen LogP contribution in [0.25, 0.3) is 10.9 Å². The maximum absolute atomic E-state index is 12.5. The minimum atomic E-state index is -0.271. The van der Waals surface area contributed by atoms with Crippen LogP contribution in [0, 0.1) is 0 Å². The largest absolute Gasteiger partial charge is 0.493 e. The minimum Gasteiger partial charge on any atom is -0.493 e. The van der Waals surface area contributed by atoms with E-state index in [4.69, 9.17) is 21.1 Å². The molecule has 1 amide bonds. The minimum absolute atomic E-state index is 0.271. The van der Waals surface area contributed by atoms with Crippen molar-refractivity contribution in [1.29, 1.82) is 0 Å². The number of aromatic nitrogens is 1. The average Bonchev–Trinajstić information content (AvgIpc) is 2.95. The lowest BCUT2D eigenvalue weighted by Crippen LogP contribution is -2.23. The highest BCUT2D eigenvalue weighted by Crippen LogP contribution is 2.30. The normalized spacial score (nSPS) is 10.7. The van der Waals surface area contributed by atoms with Crippen molar-refractivity contribution >= 4 is 44.3 Å². The molecule has 0 bridgehead atoms. The Bertz CT molecular complexity index is 939. The molecule has 0 saturated heterocycles. The van der Waals surface area contributed by atoms with Crippen LogP contribution in [-0.4, -0.2) is 25.1 Å². The van der Waals surface area contributed by atoms with Crippen LogP contribution in [0.3, 0.4) is 0 Å². The van der Waals surface area contributed by atoms with Gasteiger partial charge in [0.2, 0.25) is 0 Å². The average molecular weight is 424 g/mol. The number of fused-ring (bicyclic) bond motifs is 1. The van der Waals surface area contributed by atoms with Gasteiger partial charge in [0.05, 0.1) is 19.2 Å². The quantitative estimate of drug-likeness (QED) is 0.634. The van der Waals surface area contributed by atoms with E-state index >= 15 is 0 Å². The molecule has 2 aromatic carbocycles. The summed E-state index contributed by atoms with van der Waals surface area (Å²) in [6.45, 7) is 0.342. The van der Waals surface area contributed by atoms with Gasteiger partial charge in [0.1, 0.15) is 5.69 Å². The van der Waals surface area contributed by atoms with Crippen molar-refractivity contribution in [2.24, 2.45) is 0 Å². The van der Waals surface area contributed by atoms with Crippen molar-refractivity contribution in [3.63, 3.8) is 0 Å². The van der Waals surface area contributed by atoms with Gasteiger partial charge in [0.25, 0.3) is 5.91 Å². The molecule has 3 aromatic rings. The summed E-state index contributed by atoms with van der Waals surface area (Å²) < 4.78 is 11.4. The molecule has 25 heavy (non-hydrogen) atoms. The van der Waals surface area contributed by atoms with Gasteiger partial charge in [0, 0.05) is 21.9 Å². The van der Waals surface area contributed by atoms with Crippen LogP contribution in [-0.2, 0) is 6.54 Å². The van der Waals surface area contributed by atoms with E-state index in [0.29, 0.717) is 28.8 Å². The summed E-state index contributed by atoms with van der Waals surface area (Å²) >= 11 is 9.75. The molecule has 0 fully saturated rings. The Morgan fingerprint density at radius 2 is 1.92 bits per heavy atom. The van der Waals surface area contributed by atoms with Gasteiger partial charge >= 0.3 is 0 Å². The zero-order valence-electron chi connectivity index (χ0n) is 13.7. The van der Waals surface area contributed by atoms with Crippen LogP contribution < -0.4 is 14.8 Å². The van der Waals surface area contributed by atoms with Gasteiger partial charge in [-0.05, 0) is 35.9 Å². The molecule has 0 atom stereocenters. The van der Waals surface area contributed by atoms with Crippen LogP contribution in [0.2, 0.25) is 5.02 Å². The Balaban J connectivity index is 1.78. The number of amides is 1. The lowest BCUT2D eigenvalue weighted by Gasteiger charge is -2.10. The number of rotatable bonds is 5. The highest BCUT2D eigenvalue weighted by molar-refractivity contribution is 9.10. The second kappa shape index (κ2) is 7.37. The molecule has 1 aromatic heterocycles. The first-order chi connectivity index (χ1) is 12.0. The molecule has 130 valence electrons. The molecule has 0 saturated carbocycles. The monoisotopic (exact) mass is 422 g/mol. The van der Waals surface area contributed by atoms with Crippen molar-refractivity contribution in [2.75, 3.05) is 14.2 Å². The van der Waals surface area contributed by atoms with Crippen LogP contribution in [0.4, 0.5) is 0 Å². The summed E-state index contributed by atoms with van der Waals surface area (Å²) in [7, 11) is 3.15. The Morgan fingerprint density at radius 3 is 2.64 bits per heavy atom. The zero-order chi connectivity index (χ0) is 18.0. The summed E-state index contributed by atoms with van der Waals surface area (Å²) in [6, 6.07) is 11.1. The summed E-state index contributed by atoms with van der Waals surface area (Å²) in [5.74, 6) is 0.983. The van der Waals surface area contributed by atoms with Gasteiger partial charge in [-0.15, -0.1) is 0 Å². The molecule has 0 aliphatic carbocycles. The number of carbonyl (C=O) groups excluding carboxylic acids is 1. The van der Waals surface area contributed by atoms with Crippen LogP contribution in [0.1, 0.15) is 16.1 Å². The maximum atomic E-state index is 12.5. The number of nitrogens with one attached hydrogen (secondary N) is 2. The molecule has 5 nitrogen and oxygen atoms in total. The van der Waals surface area contributed by atoms with Crippen molar-refractivity contribution in [3.05, 3.63) is 57.2 Å². The lowest BCUT2D eigenvalue weighted by molar-refractivity contribution is 0.0947. The summed E-state index contributed by atoms with van der Waals surface area (Å²) in [6.07, 6.45) is 0. The zero-order valence-corrected chi connectivity index (χ0v) is 16.0. The number of ether oxygens (including phenoxy) is 2. The summed E-state index contributed by atoms with van der Waals surface area (Å²) in [4.78, 5) is 15.5. The number of hydrogen-bond acceptors (Lipinski definition) is 3. The standard InChI is InChI=1S/C18H16BrClN2O3/c1-24-14-6-3-10(7-15(14)25-2)9-21-18(23)17-16(20)12-8-11(19)4-5-13(12)22-17/h3-8,22H,9H2,1-2H3,(H,21,23). The van der Waals surface area contributed by atoms with Crippen LogP contribution >= 0.6 is 27.5 Å². The van der Waals surface area contributed by atoms with E-state index in [1.165, 1.54) is 0 Å². The Kier molecular flexibility index (Phi) is 5.20. The second-order valence-electron chi connectivity index (χ2n) is 5.38. The van der Waals surface area contributed by atoms with Gasteiger partial charge in [-0.25, -0.2) is 0 Å². The number of methoxy groups -OCH3 is 2. The fourth-order valence-corrected chi connectivity index (χ4v) is 3.20. The number of aromatic amines is 1. The number of halogens is 2. The predicted molar refractivity (Wildman–Crippen MR) is 102 cm³/mol. The first kappa shape index (κ1) is 17.6. The van der Waals surface area contributed by atoms with Crippen molar-refractivity contribution in [1.82, 2.24) is 10.3 Å². The Labute approximate surface area is 158 Å². The number of benzene rings is 2. The Hall–Kier alpha value is -2.18. The van der Waals surface area contributed by atoms with Gasteiger partial charge in [0.15, 0.2) is 11.5 Å². The van der Waals surface area contributed by atoms with Crippen molar-refractivity contribution in [3.8, 4) is 11.5 Å². The fourth-order valence-electron chi connectivity index (χ4n) is 2.55. The second-order valence-corrected chi connectivity index (χ2v) is 6.67. The SMILES string of the molecule is COc1ccc(CNC(=O)c2[nH]c3ccc(Br)cc3c2Cl)cc1OC. The Morgan fingerprint density at radius 1 is 1.16 bits per heavy atom. The topological polar surface area (TPSA) is 63.3 Å². The van der Waals surface area contributed by atoms with E-state index in [1.807, 2.05) is 30.3 Å². The molecule has 0 aliphatic rings. The van der Waals surface area contributed by atoms with Crippen molar-refractivity contribution < 1.29 is 14.3 Å². The molecular formula is C18H16BrClN2O3. The predicted octanol–water partition coefficient (Wildman–Crippen LogP) is 4.53. The molecule has 0 aliphatic heterocycles. The van der Waals surface area contributed by atoms with E-state index in [1.54, 1.807) is 20.3 Å². The van der Waals surface area contributed by atoms with Crippen LogP contribution in [0.15, 0.2) is 40.9 Å². The third kappa shape index (κ3) is 3.60. The first-order valence-electron chi connectivity index (χ1n) is 7.49. The molecule has 0 spiro atoms. The highest BCUT2D eigenvalue weighted by atomic mass is 79.9. The first-order valence-corrected chi connectivity index (χ1v) is 8.66. The van der Waals surface area contributed by atoms with Gasteiger partial charge < -0.3 is 19.8 Å². The lowest BCUT2D eigenvalue weighted by atomic mass is 10.2. The molecule has 3 rings (SSSR count). The van der Waals surface area contributed by atoms with Crippen molar-refractivity contribution in [2.45, 2.75) is 6.54 Å². The summed E-state index contributed by atoms with van der Waals surface area (Å²) in [5.41, 5.74) is 2.04. The van der Waals surface area contributed by atoms with E-state index in [2.05, 4.69) is 26.2 Å². The molecule has 1 heterocycles. The van der Waals surface area contributed by atoms with Gasteiger partial charge in [-0.3, -0.25) is 4.79 Å². The van der Waals surface area contributed by atoms with E-state index in [0.717, 1.165) is 20.9 Å². The third-order valence-corrected chi connectivity index (χ3v) is 4.71. The highest BCUT2D eigenvalue weighted by Gasteiger charge is 2.16. The van der Waals surface area contributed by atoms with Gasteiger partial charge in [-0.1, -0.05) is 33.6 Å². The van der Waals surface area contributed by atoms with Gasteiger partial charge in [-0.2, -0.15) is 0 Å². The number of carbonyl (C=O) groups is 1.